The molecule has 204 valence electrons. The minimum Gasteiger partial charge on any atom is -0.480 e. The number of amides is 1. The second-order valence-electron chi connectivity index (χ2n) is 8.13. The number of benzene rings is 2. The molecule has 0 saturated carbocycles. The number of sulfone groups is 1. The number of carboxylic acids is 1. The zero-order valence-electron chi connectivity index (χ0n) is 20.0. The van der Waals surface area contributed by atoms with Gasteiger partial charge in [-0.25, -0.2) is 18.6 Å². The van der Waals surface area contributed by atoms with Crippen molar-refractivity contribution in [3.05, 3.63) is 58.1 Å². The Balaban J connectivity index is 1.81. The Kier molecular flexibility index (Phi) is 9.03. The first kappa shape index (κ1) is 28.1. The summed E-state index contributed by atoms with van der Waals surface area (Å²) >= 11 is 0. The summed E-state index contributed by atoms with van der Waals surface area (Å²) in [6, 6.07) is 7.50. The SMILES string of the molecule is N=C(N)NCCC[C@@H](C(=O)O)N(NCc1ccc2c(c1)OCO2)C(=O)CS(=O)(=O)c1ccc([N+](=O)[O-])cc1. The Hall–Kier alpha value is -4.44. The van der Waals surface area contributed by atoms with Crippen molar-refractivity contribution in [2.45, 2.75) is 30.3 Å². The molecule has 6 N–H and O–H groups in total. The van der Waals surface area contributed by atoms with Crippen LogP contribution in [0.5, 0.6) is 11.5 Å². The largest absolute Gasteiger partial charge is 0.480 e. The number of ether oxygens (including phenoxy) is 2. The Bertz CT molecular complexity index is 1320. The van der Waals surface area contributed by atoms with Crippen LogP contribution in [0.3, 0.4) is 0 Å². The van der Waals surface area contributed by atoms with Crippen LogP contribution in [0.1, 0.15) is 18.4 Å². The van der Waals surface area contributed by atoms with Crippen LogP contribution >= 0.6 is 0 Å². The second-order valence-corrected chi connectivity index (χ2v) is 10.1. The van der Waals surface area contributed by atoms with Gasteiger partial charge in [-0.05, 0) is 42.7 Å². The Morgan fingerprint density at radius 3 is 2.50 bits per heavy atom. The van der Waals surface area contributed by atoms with Gasteiger partial charge in [-0.15, -0.1) is 0 Å². The number of hydrogen-bond donors (Lipinski definition) is 5. The maximum atomic E-state index is 13.2. The van der Waals surface area contributed by atoms with Crippen LogP contribution in [0.2, 0.25) is 0 Å². The van der Waals surface area contributed by atoms with Crippen molar-refractivity contribution in [3.8, 4) is 11.5 Å². The molecule has 1 atom stereocenters. The van der Waals surface area contributed by atoms with E-state index in [1.165, 1.54) is 0 Å². The van der Waals surface area contributed by atoms with E-state index in [-0.39, 0.29) is 49.3 Å². The fraction of sp³-hybridized carbons (Fsp3) is 0.318. The zero-order valence-corrected chi connectivity index (χ0v) is 20.8. The number of guanidine groups is 1. The lowest BCUT2D eigenvalue weighted by Gasteiger charge is -2.29. The summed E-state index contributed by atoms with van der Waals surface area (Å²) in [6.45, 7) is 0.159. The van der Waals surface area contributed by atoms with Crippen molar-refractivity contribution < 1.29 is 37.5 Å². The van der Waals surface area contributed by atoms with Crippen LogP contribution in [0, 0.1) is 15.5 Å². The van der Waals surface area contributed by atoms with Gasteiger partial charge in [-0.1, -0.05) is 6.07 Å². The number of hydrogen-bond acceptors (Lipinski definition) is 10. The lowest BCUT2D eigenvalue weighted by atomic mass is 10.1. The molecule has 16 heteroatoms. The van der Waals surface area contributed by atoms with Gasteiger partial charge in [-0.2, -0.15) is 0 Å². The first-order valence-corrected chi connectivity index (χ1v) is 12.8. The molecule has 3 rings (SSSR count). The molecule has 15 nitrogen and oxygen atoms in total. The molecule has 1 heterocycles. The fourth-order valence-corrected chi connectivity index (χ4v) is 4.75. The van der Waals surface area contributed by atoms with Crippen molar-refractivity contribution in [1.82, 2.24) is 15.8 Å². The standard InChI is InChI=1S/C22H26N6O9S/c23-22(24)25-9-1-2-17(21(30)31)27(26-11-14-3-8-18-19(10-14)37-13-36-18)20(29)12-38(34,35)16-6-4-15(5-7-16)28(32)33/h3-8,10,17,26H,1-2,9,11-13H2,(H,30,31)(H4,23,24,25)/t17-/m0/s1. The van der Waals surface area contributed by atoms with Crippen molar-refractivity contribution in [1.29, 1.82) is 5.41 Å². The molecule has 0 unspecified atom stereocenters. The monoisotopic (exact) mass is 550 g/mol. The van der Waals surface area contributed by atoms with Gasteiger partial charge in [0.25, 0.3) is 11.6 Å². The quantitative estimate of drug-likeness (QED) is 0.0748. The predicted molar refractivity (Wildman–Crippen MR) is 132 cm³/mol. The molecule has 0 aromatic heterocycles. The number of nitrogens with one attached hydrogen (secondary N) is 3. The minimum atomic E-state index is -4.27. The van der Waals surface area contributed by atoms with E-state index in [1.54, 1.807) is 18.2 Å². The highest BCUT2D eigenvalue weighted by atomic mass is 32.2. The highest BCUT2D eigenvalue weighted by Gasteiger charge is 2.33. The summed E-state index contributed by atoms with van der Waals surface area (Å²) in [5, 5.41) is 31.2. The van der Waals surface area contributed by atoms with E-state index < -0.39 is 38.4 Å². The van der Waals surface area contributed by atoms with Crippen molar-refractivity contribution in [2.24, 2.45) is 5.73 Å². The molecule has 0 spiro atoms. The number of fused-ring (bicyclic) bond motifs is 1. The van der Waals surface area contributed by atoms with Gasteiger partial charge in [0, 0.05) is 25.2 Å². The number of aliphatic carboxylic acids is 1. The minimum absolute atomic E-state index is 0.0462. The lowest BCUT2D eigenvalue weighted by molar-refractivity contribution is -0.384. The van der Waals surface area contributed by atoms with Crippen LogP contribution in [-0.4, -0.2) is 66.4 Å². The number of rotatable bonds is 13. The number of carbonyl (C=O) groups is 2. The van der Waals surface area contributed by atoms with Gasteiger partial charge in [0.2, 0.25) is 6.79 Å². The van der Waals surface area contributed by atoms with E-state index in [0.29, 0.717) is 17.1 Å². The van der Waals surface area contributed by atoms with Gasteiger partial charge in [-0.3, -0.25) is 25.3 Å². The summed E-state index contributed by atoms with van der Waals surface area (Å²) in [6.07, 6.45) is 0.105. The predicted octanol–water partition coefficient (Wildman–Crippen LogP) is 0.347. The van der Waals surface area contributed by atoms with Crippen molar-refractivity contribution >= 4 is 33.4 Å². The average molecular weight is 551 g/mol. The number of nitro benzene ring substituents is 1. The topological polar surface area (TPSA) is 227 Å². The number of nitrogens with two attached hydrogens (primary N) is 1. The van der Waals surface area contributed by atoms with Crippen LogP contribution in [-0.2, 0) is 26.0 Å². The van der Waals surface area contributed by atoms with Crippen LogP contribution in [0.25, 0.3) is 0 Å². The molecule has 1 aliphatic heterocycles. The zero-order chi connectivity index (χ0) is 27.9. The third-order valence-corrected chi connectivity index (χ3v) is 7.06. The van der Waals surface area contributed by atoms with Crippen molar-refractivity contribution in [2.75, 3.05) is 19.1 Å². The number of non-ortho nitro benzene ring substituents is 1. The van der Waals surface area contributed by atoms with E-state index in [4.69, 9.17) is 20.6 Å². The van der Waals surface area contributed by atoms with Gasteiger partial charge in [0.15, 0.2) is 27.3 Å². The molecular formula is C22H26N6O9S. The molecule has 0 bridgehead atoms. The summed E-state index contributed by atoms with van der Waals surface area (Å²) in [5.41, 5.74) is 8.23. The van der Waals surface area contributed by atoms with E-state index in [9.17, 15) is 33.2 Å². The van der Waals surface area contributed by atoms with Crippen molar-refractivity contribution in [3.63, 3.8) is 0 Å². The summed E-state index contributed by atoms with van der Waals surface area (Å²) in [7, 11) is -4.27. The molecule has 0 saturated heterocycles. The third-order valence-electron chi connectivity index (χ3n) is 5.45. The number of nitrogens with zero attached hydrogens (tertiary/aromatic N) is 2. The summed E-state index contributed by atoms with van der Waals surface area (Å²) in [4.78, 5) is 35.1. The lowest BCUT2D eigenvalue weighted by Crippen LogP contribution is -2.54. The molecule has 2 aromatic carbocycles. The molecule has 0 fully saturated rings. The van der Waals surface area contributed by atoms with Crippen LogP contribution < -0.4 is 25.9 Å². The highest BCUT2D eigenvalue weighted by molar-refractivity contribution is 7.92. The summed E-state index contributed by atoms with van der Waals surface area (Å²) in [5.74, 6) is -2.83. The molecule has 2 aromatic rings. The number of hydrazine groups is 1. The van der Waals surface area contributed by atoms with Gasteiger partial charge < -0.3 is 25.6 Å². The van der Waals surface area contributed by atoms with E-state index in [0.717, 1.165) is 29.3 Å². The number of nitro groups is 1. The highest BCUT2D eigenvalue weighted by Crippen LogP contribution is 2.32. The Morgan fingerprint density at radius 1 is 1.18 bits per heavy atom. The van der Waals surface area contributed by atoms with Gasteiger partial charge >= 0.3 is 5.97 Å². The molecule has 0 radical (unpaired) electrons. The van der Waals surface area contributed by atoms with Crippen LogP contribution in [0.15, 0.2) is 47.4 Å². The number of carbonyl (C=O) groups excluding carboxylic acids is 1. The molecule has 0 aliphatic carbocycles. The van der Waals surface area contributed by atoms with E-state index >= 15 is 0 Å². The van der Waals surface area contributed by atoms with Crippen LogP contribution in [0.4, 0.5) is 5.69 Å². The average Bonchev–Trinajstić information content (AvgIpc) is 3.32. The second kappa shape index (κ2) is 12.2. The normalized spacial score (nSPS) is 12.9. The van der Waals surface area contributed by atoms with E-state index in [2.05, 4.69) is 10.7 Å². The first-order valence-electron chi connectivity index (χ1n) is 11.2. The molecule has 38 heavy (non-hydrogen) atoms. The molecule has 1 amide bonds. The third kappa shape index (κ3) is 7.30. The molecular weight excluding hydrogens is 524 g/mol. The fourth-order valence-electron chi connectivity index (χ4n) is 3.57. The summed E-state index contributed by atoms with van der Waals surface area (Å²) < 4.78 is 36.4. The first-order chi connectivity index (χ1) is 18.0. The number of carboxylic acid groups (broad SMARTS) is 1. The maximum absolute atomic E-state index is 13.2. The Morgan fingerprint density at radius 2 is 1.87 bits per heavy atom. The van der Waals surface area contributed by atoms with Gasteiger partial charge in [0.05, 0.1) is 9.82 Å². The van der Waals surface area contributed by atoms with Gasteiger partial charge in [0.1, 0.15) is 11.8 Å². The molecule has 1 aliphatic rings. The Labute approximate surface area is 217 Å². The smallest absolute Gasteiger partial charge is 0.328 e. The van der Waals surface area contributed by atoms with E-state index in [1.807, 2.05) is 0 Å². The maximum Gasteiger partial charge on any atom is 0.328 e.